The van der Waals surface area contributed by atoms with Gasteiger partial charge in [-0.1, -0.05) is 80.4 Å². The lowest BCUT2D eigenvalue weighted by Gasteiger charge is -2.38. The van der Waals surface area contributed by atoms with Crippen LogP contribution in [0.4, 0.5) is 0 Å². The molecule has 2 rings (SSSR count). The van der Waals surface area contributed by atoms with Crippen LogP contribution in [-0.2, 0) is 19.9 Å². The predicted octanol–water partition coefficient (Wildman–Crippen LogP) is 7.83. The number of unbranched alkanes of at least 4 members (excludes halogenated alkanes) is 1. The van der Waals surface area contributed by atoms with Crippen molar-refractivity contribution in [1.29, 1.82) is 0 Å². The molecule has 0 bridgehead atoms. The molecule has 0 N–H and O–H groups in total. The van der Waals surface area contributed by atoms with Crippen LogP contribution >= 0.6 is 8.60 Å². The summed E-state index contributed by atoms with van der Waals surface area (Å²) in [4.78, 5) is 0. The van der Waals surface area contributed by atoms with Crippen molar-refractivity contribution in [2.45, 2.75) is 98.8 Å². The van der Waals surface area contributed by atoms with E-state index in [1.807, 2.05) is 0 Å². The molecule has 28 heavy (non-hydrogen) atoms. The Balaban J connectivity index is 2.23. The zero-order chi connectivity index (χ0) is 21.2. The highest BCUT2D eigenvalue weighted by Gasteiger charge is 2.38. The maximum Gasteiger partial charge on any atom is 0.397 e. The Morgan fingerprint density at radius 3 is 2.07 bits per heavy atom. The average Bonchev–Trinajstić information content (AvgIpc) is 2.61. The van der Waals surface area contributed by atoms with Gasteiger partial charge in [-0.2, -0.15) is 0 Å². The number of aryl methyl sites for hydroxylation is 1. The van der Waals surface area contributed by atoms with Crippen molar-refractivity contribution < 1.29 is 13.6 Å². The fourth-order valence-corrected chi connectivity index (χ4v) is 4.88. The second kappa shape index (κ2) is 9.02. The van der Waals surface area contributed by atoms with Crippen molar-refractivity contribution in [3.8, 4) is 5.75 Å². The Morgan fingerprint density at radius 1 is 1.00 bits per heavy atom. The van der Waals surface area contributed by atoms with Gasteiger partial charge < -0.3 is 13.6 Å². The number of rotatable bonds is 6. The topological polar surface area (TPSA) is 27.7 Å². The maximum atomic E-state index is 6.37. The first-order valence-electron chi connectivity index (χ1n) is 10.8. The van der Waals surface area contributed by atoms with Crippen molar-refractivity contribution in [2.24, 2.45) is 5.41 Å². The third-order valence-corrected chi connectivity index (χ3v) is 6.89. The van der Waals surface area contributed by atoms with Gasteiger partial charge in [-0.25, -0.2) is 0 Å². The Bertz CT molecular complexity index is 647. The normalized spacial score (nSPS) is 23.7. The van der Waals surface area contributed by atoms with E-state index in [0.717, 1.165) is 37.4 Å². The van der Waals surface area contributed by atoms with Crippen LogP contribution in [-0.4, -0.2) is 13.2 Å². The smallest absolute Gasteiger partial charge is 0.397 e. The molecule has 1 fully saturated rings. The molecule has 1 saturated heterocycles. The second-order valence-electron chi connectivity index (χ2n) is 10.5. The van der Waals surface area contributed by atoms with Gasteiger partial charge in [0.05, 0.1) is 13.2 Å². The Kier molecular flexibility index (Phi) is 7.62. The van der Waals surface area contributed by atoms with E-state index >= 15 is 0 Å². The SMILES string of the molecule is CCCCC1(CC)COP(Oc2c(C)cc(C(C)(C)C)cc2C(C)(C)C)OC1. The second-order valence-corrected chi connectivity index (χ2v) is 11.6. The minimum atomic E-state index is -1.34. The van der Waals surface area contributed by atoms with Gasteiger partial charge in [0, 0.05) is 11.0 Å². The molecular weight excluding hydrogens is 367 g/mol. The molecule has 1 heterocycles. The standard InChI is InChI=1S/C24H41O3P/c1-10-12-13-24(11-2)16-25-28(26-17-24)27-21-18(3)14-19(22(4,5)6)15-20(21)23(7,8)9/h14-15H,10-13,16-17H2,1-9H3. The van der Waals surface area contributed by atoms with Crippen LogP contribution in [0.25, 0.3) is 0 Å². The molecule has 0 saturated carbocycles. The van der Waals surface area contributed by atoms with Crippen molar-refractivity contribution in [1.82, 2.24) is 0 Å². The minimum Gasteiger partial charge on any atom is -0.426 e. The fraction of sp³-hybridized carbons (Fsp3) is 0.750. The van der Waals surface area contributed by atoms with Crippen LogP contribution < -0.4 is 4.52 Å². The third-order valence-electron chi connectivity index (χ3n) is 5.88. The van der Waals surface area contributed by atoms with Crippen LogP contribution in [0, 0.1) is 12.3 Å². The fourth-order valence-electron chi connectivity index (χ4n) is 3.55. The first kappa shape index (κ1) is 23.6. The van der Waals surface area contributed by atoms with Crippen LogP contribution in [0.5, 0.6) is 5.75 Å². The highest BCUT2D eigenvalue weighted by atomic mass is 31.2. The number of hydrogen-bond donors (Lipinski definition) is 0. The highest BCUT2D eigenvalue weighted by Crippen LogP contribution is 2.52. The van der Waals surface area contributed by atoms with E-state index in [1.165, 1.54) is 24.0 Å². The summed E-state index contributed by atoms with van der Waals surface area (Å²) < 4.78 is 18.6. The van der Waals surface area contributed by atoms with Crippen molar-refractivity contribution in [3.05, 3.63) is 28.8 Å². The predicted molar refractivity (Wildman–Crippen MR) is 120 cm³/mol. The number of hydrogen-bond acceptors (Lipinski definition) is 3. The van der Waals surface area contributed by atoms with E-state index in [0.29, 0.717) is 0 Å². The summed E-state index contributed by atoms with van der Waals surface area (Å²) >= 11 is 0. The van der Waals surface area contributed by atoms with Crippen LogP contribution in [0.2, 0.25) is 0 Å². The Morgan fingerprint density at radius 2 is 1.61 bits per heavy atom. The zero-order valence-electron chi connectivity index (χ0n) is 19.6. The van der Waals surface area contributed by atoms with Gasteiger partial charge in [-0.05, 0) is 41.7 Å². The highest BCUT2D eigenvalue weighted by molar-refractivity contribution is 7.42. The summed E-state index contributed by atoms with van der Waals surface area (Å²) in [5.74, 6) is 0.934. The first-order valence-corrected chi connectivity index (χ1v) is 11.9. The van der Waals surface area contributed by atoms with E-state index in [2.05, 4.69) is 74.4 Å². The van der Waals surface area contributed by atoms with Gasteiger partial charge in [-0.15, -0.1) is 0 Å². The van der Waals surface area contributed by atoms with Gasteiger partial charge in [0.2, 0.25) is 0 Å². The van der Waals surface area contributed by atoms with Gasteiger partial charge in [0.15, 0.2) is 0 Å². The third kappa shape index (κ3) is 5.71. The van der Waals surface area contributed by atoms with E-state index in [1.54, 1.807) is 0 Å². The molecule has 4 heteroatoms. The van der Waals surface area contributed by atoms with Crippen molar-refractivity contribution in [2.75, 3.05) is 13.2 Å². The summed E-state index contributed by atoms with van der Waals surface area (Å²) in [6.45, 7) is 21.6. The van der Waals surface area contributed by atoms with Crippen LogP contribution in [0.15, 0.2) is 12.1 Å². The molecule has 0 unspecified atom stereocenters. The van der Waals surface area contributed by atoms with Gasteiger partial charge in [-0.3, -0.25) is 0 Å². The lowest BCUT2D eigenvalue weighted by Crippen LogP contribution is -2.34. The van der Waals surface area contributed by atoms with Crippen LogP contribution in [0.1, 0.15) is 97.8 Å². The molecule has 1 aliphatic rings. The summed E-state index contributed by atoms with van der Waals surface area (Å²) in [7, 11) is -1.34. The van der Waals surface area contributed by atoms with Crippen molar-refractivity contribution >= 4 is 8.60 Å². The molecule has 0 amide bonds. The molecule has 1 aromatic carbocycles. The molecule has 0 atom stereocenters. The van der Waals surface area contributed by atoms with Gasteiger partial charge >= 0.3 is 8.60 Å². The average molecular weight is 409 g/mol. The quantitative estimate of drug-likeness (QED) is 0.449. The Labute approximate surface area is 174 Å². The first-order chi connectivity index (χ1) is 12.9. The summed E-state index contributed by atoms with van der Waals surface area (Å²) in [5, 5.41) is 0. The Hall–Kier alpha value is -0.630. The van der Waals surface area contributed by atoms with E-state index in [-0.39, 0.29) is 16.2 Å². The molecule has 1 aliphatic heterocycles. The number of benzene rings is 1. The van der Waals surface area contributed by atoms with Crippen molar-refractivity contribution in [3.63, 3.8) is 0 Å². The minimum absolute atomic E-state index is 0.0131. The zero-order valence-corrected chi connectivity index (χ0v) is 20.5. The van der Waals surface area contributed by atoms with E-state index < -0.39 is 8.60 Å². The maximum absolute atomic E-state index is 6.37. The molecule has 0 aromatic heterocycles. The van der Waals surface area contributed by atoms with Gasteiger partial charge in [0.25, 0.3) is 0 Å². The molecule has 0 radical (unpaired) electrons. The molecule has 3 nitrogen and oxygen atoms in total. The lowest BCUT2D eigenvalue weighted by molar-refractivity contribution is 0.00791. The molecular formula is C24H41O3P. The molecule has 160 valence electrons. The summed E-state index contributed by atoms with van der Waals surface area (Å²) in [6.07, 6.45) is 4.68. The largest absolute Gasteiger partial charge is 0.426 e. The molecule has 1 aromatic rings. The monoisotopic (exact) mass is 408 g/mol. The molecule has 0 aliphatic carbocycles. The van der Waals surface area contributed by atoms with E-state index in [4.69, 9.17) is 13.6 Å². The molecule has 0 spiro atoms. The lowest BCUT2D eigenvalue weighted by atomic mass is 9.79. The van der Waals surface area contributed by atoms with Crippen LogP contribution in [0.3, 0.4) is 0 Å². The summed E-state index contributed by atoms with van der Waals surface area (Å²) in [5.41, 5.74) is 3.96. The van der Waals surface area contributed by atoms with E-state index in [9.17, 15) is 0 Å². The summed E-state index contributed by atoms with van der Waals surface area (Å²) in [6, 6.07) is 4.56. The van der Waals surface area contributed by atoms with Gasteiger partial charge in [0.1, 0.15) is 5.75 Å².